The molecule has 0 radical (unpaired) electrons. The normalized spacial score (nSPS) is 24.5. The first-order valence-electron chi connectivity index (χ1n) is 12.4. The van der Waals surface area contributed by atoms with Crippen LogP contribution >= 0.6 is 0 Å². The zero-order chi connectivity index (χ0) is 25.9. The van der Waals surface area contributed by atoms with Crippen LogP contribution in [0, 0.1) is 17.3 Å². The van der Waals surface area contributed by atoms with E-state index >= 15 is 0 Å². The molecule has 1 saturated carbocycles. The predicted octanol–water partition coefficient (Wildman–Crippen LogP) is 5.18. The number of ether oxygens (including phenoxy) is 6. The SMILES string of the molecule is COCOc1cc(/C=C/c2cc3c(c(OC)c2)OC2[C@@H](C)C[C@@H](O)C(C)(C)[C@H]2C3)cc(OCOC)c1. The van der Waals surface area contributed by atoms with Gasteiger partial charge in [0.15, 0.2) is 25.1 Å². The van der Waals surface area contributed by atoms with Gasteiger partial charge in [-0.3, -0.25) is 0 Å². The molecule has 0 aromatic heterocycles. The largest absolute Gasteiger partial charge is 0.493 e. The Kier molecular flexibility index (Phi) is 8.13. The summed E-state index contributed by atoms with van der Waals surface area (Å²) in [6.45, 7) is 6.76. The van der Waals surface area contributed by atoms with Gasteiger partial charge in [0.1, 0.15) is 17.6 Å². The monoisotopic (exact) mass is 498 g/mol. The molecule has 7 nitrogen and oxygen atoms in total. The Morgan fingerprint density at radius 2 is 1.56 bits per heavy atom. The minimum absolute atomic E-state index is 0.0616. The molecule has 0 bridgehead atoms. The smallest absolute Gasteiger partial charge is 0.188 e. The average molecular weight is 499 g/mol. The van der Waals surface area contributed by atoms with E-state index in [1.54, 1.807) is 27.4 Å². The molecular weight excluding hydrogens is 460 g/mol. The van der Waals surface area contributed by atoms with Crippen molar-refractivity contribution in [2.45, 2.75) is 45.8 Å². The lowest BCUT2D eigenvalue weighted by Gasteiger charge is -2.52. The maximum absolute atomic E-state index is 10.8. The molecule has 1 N–H and O–H groups in total. The van der Waals surface area contributed by atoms with E-state index in [1.165, 1.54) is 0 Å². The lowest BCUT2D eigenvalue weighted by molar-refractivity contribution is -0.114. The highest BCUT2D eigenvalue weighted by Gasteiger charge is 2.51. The number of benzene rings is 2. The topological polar surface area (TPSA) is 75.6 Å². The van der Waals surface area contributed by atoms with E-state index in [4.69, 9.17) is 28.4 Å². The second-order valence-electron chi connectivity index (χ2n) is 10.3. The number of aliphatic hydroxyl groups excluding tert-OH is 1. The minimum atomic E-state index is -0.342. The van der Waals surface area contributed by atoms with Crippen LogP contribution in [0.15, 0.2) is 30.3 Å². The third-order valence-electron chi connectivity index (χ3n) is 7.49. The van der Waals surface area contributed by atoms with Crippen molar-refractivity contribution in [2.75, 3.05) is 34.9 Å². The molecule has 36 heavy (non-hydrogen) atoms. The predicted molar refractivity (Wildman–Crippen MR) is 139 cm³/mol. The van der Waals surface area contributed by atoms with E-state index in [0.717, 1.165) is 41.0 Å². The van der Waals surface area contributed by atoms with Crippen molar-refractivity contribution in [3.8, 4) is 23.0 Å². The highest BCUT2D eigenvalue weighted by Crippen LogP contribution is 2.51. The summed E-state index contributed by atoms with van der Waals surface area (Å²) in [5, 5.41) is 10.8. The Hall–Kier alpha value is -2.74. The van der Waals surface area contributed by atoms with Gasteiger partial charge < -0.3 is 33.5 Å². The highest BCUT2D eigenvalue weighted by atomic mass is 16.7. The molecule has 0 saturated heterocycles. The summed E-state index contributed by atoms with van der Waals surface area (Å²) in [6.07, 6.45) is 5.34. The quantitative estimate of drug-likeness (QED) is 0.377. The molecule has 7 heteroatoms. The number of aliphatic hydroxyl groups is 1. The van der Waals surface area contributed by atoms with Crippen LogP contribution < -0.4 is 18.9 Å². The maximum atomic E-state index is 10.8. The molecular formula is C29H38O7. The van der Waals surface area contributed by atoms with E-state index in [1.807, 2.05) is 30.4 Å². The van der Waals surface area contributed by atoms with Crippen LogP contribution in [0.2, 0.25) is 0 Å². The van der Waals surface area contributed by atoms with Crippen molar-refractivity contribution >= 4 is 12.2 Å². The summed E-state index contributed by atoms with van der Waals surface area (Å²) in [5.74, 6) is 3.32. The molecule has 2 aromatic rings. The zero-order valence-electron chi connectivity index (χ0n) is 22.1. The Bertz CT molecular complexity index is 1050. The van der Waals surface area contributed by atoms with E-state index in [0.29, 0.717) is 11.5 Å². The van der Waals surface area contributed by atoms with Crippen molar-refractivity contribution in [2.24, 2.45) is 17.3 Å². The first kappa shape index (κ1) is 26.3. The first-order chi connectivity index (χ1) is 17.3. The van der Waals surface area contributed by atoms with Crippen LogP contribution in [0.5, 0.6) is 23.0 Å². The van der Waals surface area contributed by atoms with Gasteiger partial charge in [0, 0.05) is 26.2 Å². The van der Waals surface area contributed by atoms with E-state index in [2.05, 4.69) is 26.8 Å². The molecule has 4 atom stereocenters. The van der Waals surface area contributed by atoms with Crippen LogP contribution in [0.25, 0.3) is 12.2 Å². The van der Waals surface area contributed by atoms with Crippen molar-refractivity contribution in [3.05, 3.63) is 47.0 Å². The van der Waals surface area contributed by atoms with Crippen LogP contribution in [0.1, 0.15) is 43.9 Å². The fraction of sp³-hybridized carbons (Fsp3) is 0.517. The molecule has 1 unspecified atom stereocenters. The van der Waals surface area contributed by atoms with Crippen LogP contribution in [0.4, 0.5) is 0 Å². The minimum Gasteiger partial charge on any atom is -0.493 e. The van der Waals surface area contributed by atoms with Crippen LogP contribution in [0.3, 0.4) is 0 Å². The van der Waals surface area contributed by atoms with Gasteiger partial charge in [0.2, 0.25) is 0 Å². The number of hydrogen-bond donors (Lipinski definition) is 1. The molecule has 0 spiro atoms. The third kappa shape index (κ3) is 5.48. The molecule has 1 heterocycles. The molecule has 4 rings (SSSR count). The Morgan fingerprint density at radius 3 is 2.14 bits per heavy atom. The molecule has 1 aliphatic carbocycles. The Labute approximate surface area is 213 Å². The highest BCUT2D eigenvalue weighted by molar-refractivity contribution is 5.73. The van der Waals surface area contributed by atoms with Gasteiger partial charge in [-0.15, -0.1) is 0 Å². The van der Waals surface area contributed by atoms with Gasteiger partial charge in [0.25, 0.3) is 0 Å². The molecule has 2 aromatic carbocycles. The van der Waals surface area contributed by atoms with Gasteiger partial charge in [-0.05, 0) is 65.1 Å². The lowest BCUT2D eigenvalue weighted by atomic mass is 9.60. The second kappa shape index (κ2) is 11.1. The zero-order valence-corrected chi connectivity index (χ0v) is 22.1. The molecule has 1 aliphatic heterocycles. The lowest BCUT2D eigenvalue weighted by Crippen LogP contribution is -2.55. The maximum Gasteiger partial charge on any atom is 0.188 e. The van der Waals surface area contributed by atoms with E-state index in [-0.39, 0.29) is 43.0 Å². The molecule has 1 fully saturated rings. The summed E-state index contributed by atoms with van der Waals surface area (Å²) >= 11 is 0. The summed E-state index contributed by atoms with van der Waals surface area (Å²) in [6, 6.07) is 9.79. The molecule has 196 valence electrons. The Balaban J connectivity index is 1.64. The summed E-state index contributed by atoms with van der Waals surface area (Å²) in [7, 11) is 4.83. The third-order valence-corrected chi connectivity index (χ3v) is 7.49. The summed E-state index contributed by atoms with van der Waals surface area (Å²) in [5.41, 5.74) is 2.78. The second-order valence-corrected chi connectivity index (χ2v) is 10.3. The van der Waals surface area contributed by atoms with Crippen molar-refractivity contribution in [1.29, 1.82) is 0 Å². The fourth-order valence-electron chi connectivity index (χ4n) is 5.33. The summed E-state index contributed by atoms with van der Waals surface area (Å²) < 4.78 is 33.6. The van der Waals surface area contributed by atoms with Crippen LogP contribution in [-0.4, -0.2) is 52.2 Å². The number of methoxy groups -OCH3 is 3. The van der Waals surface area contributed by atoms with Crippen molar-refractivity contribution in [1.82, 2.24) is 0 Å². The van der Waals surface area contributed by atoms with Crippen molar-refractivity contribution in [3.63, 3.8) is 0 Å². The number of hydrogen-bond acceptors (Lipinski definition) is 7. The molecule has 0 amide bonds. The Morgan fingerprint density at radius 1 is 0.944 bits per heavy atom. The van der Waals surface area contributed by atoms with Gasteiger partial charge in [-0.2, -0.15) is 0 Å². The van der Waals surface area contributed by atoms with E-state index < -0.39 is 0 Å². The standard InChI is InChI=1S/C29H38O7/c1-18-9-26(30)29(2,3)24-14-21-10-19(13-25(33-6)28(21)36-27(18)24)7-8-20-11-22(34-16-31-4)15-23(12-20)35-17-32-5/h7-8,10-13,15,18,24,26-27,30H,9,14,16-17H2,1-6H3/b8-7+/t18-,24-,26+,27?/m0/s1. The van der Waals surface area contributed by atoms with E-state index in [9.17, 15) is 5.11 Å². The van der Waals surface area contributed by atoms with Gasteiger partial charge >= 0.3 is 0 Å². The fourth-order valence-corrected chi connectivity index (χ4v) is 5.33. The first-order valence-corrected chi connectivity index (χ1v) is 12.4. The van der Waals surface area contributed by atoms with Gasteiger partial charge in [0.05, 0.1) is 13.2 Å². The number of rotatable bonds is 9. The average Bonchev–Trinajstić information content (AvgIpc) is 2.87. The van der Waals surface area contributed by atoms with Gasteiger partial charge in [-0.1, -0.05) is 32.9 Å². The van der Waals surface area contributed by atoms with Crippen molar-refractivity contribution < 1.29 is 33.5 Å². The molecule has 2 aliphatic rings. The van der Waals surface area contributed by atoms with Crippen LogP contribution in [-0.2, 0) is 15.9 Å². The number of fused-ring (bicyclic) bond motifs is 2. The summed E-state index contributed by atoms with van der Waals surface area (Å²) in [4.78, 5) is 0. The van der Waals surface area contributed by atoms with Gasteiger partial charge in [-0.25, -0.2) is 0 Å².